The maximum Gasteiger partial charge on any atom is 0.167 e. The molecule has 1 aliphatic rings. The van der Waals surface area contributed by atoms with Gasteiger partial charge in [0.1, 0.15) is 6.23 Å². The van der Waals surface area contributed by atoms with E-state index in [0.29, 0.717) is 17.5 Å². The van der Waals surface area contributed by atoms with Crippen LogP contribution < -0.4 is 5.32 Å². The smallest absolute Gasteiger partial charge is 0.167 e. The predicted molar refractivity (Wildman–Crippen MR) is 112 cm³/mol. The number of hydrogen-bond donors (Lipinski definition) is 2. The van der Waals surface area contributed by atoms with Gasteiger partial charge in [-0.3, -0.25) is 10.2 Å². The Kier molecular flexibility index (Phi) is 7.22. The molecule has 1 saturated heterocycles. The van der Waals surface area contributed by atoms with Gasteiger partial charge in [-0.1, -0.05) is 30.6 Å². The van der Waals surface area contributed by atoms with Crippen LogP contribution >= 0.6 is 23.4 Å². The average Bonchev–Trinajstić information content (AvgIpc) is 3.07. The van der Waals surface area contributed by atoms with Gasteiger partial charge in [-0.05, 0) is 42.9 Å². The Balaban J connectivity index is 1.74. The van der Waals surface area contributed by atoms with Crippen molar-refractivity contribution in [3.05, 3.63) is 41.0 Å². The molecule has 1 aromatic heterocycles. The zero-order valence-electron chi connectivity index (χ0n) is 16.1. The molecule has 2 unspecified atom stereocenters. The normalized spacial score (nSPS) is 23.9. The molecular weight excluding hydrogens is 382 g/mol. The minimum absolute atomic E-state index is 0.0683. The third-order valence-corrected chi connectivity index (χ3v) is 5.82. The van der Waals surface area contributed by atoms with Crippen molar-refractivity contribution in [3.63, 3.8) is 0 Å². The predicted octanol–water partition coefficient (Wildman–Crippen LogP) is 3.86. The van der Waals surface area contributed by atoms with Crippen molar-refractivity contribution in [3.8, 4) is 11.3 Å². The number of rotatable bonds is 7. The van der Waals surface area contributed by atoms with Crippen molar-refractivity contribution in [2.24, 2.45) is 5.92 Å². The molecule has 0 bridgehead atoms. The van der Waals surface area contributed by atoms with Crippen LogP contribution in [0.15, 0.2) is 34.9 Å². The molecule has 2 heterocycles. The van der Waals surface area contributed by atoms with Crippen LogP contribution in [0.25, 0.3) is 11.3 Å². The van der Waals surface area contributed by atoms with E-state index in [1.54, 1.807) is 11.8 Å². The summed E-state index contributed by atoms with van der Waals surface area (Å²) in [5.41, 5.74) is 1.84. The summed E-state index contributed by atoms with van der Waals surface area (Å²) in [4.78, 5) is 2.34. The van der Waals surface area contributed by atoms with Crippen LogP contribution in [-0.4, -0.2) is 52.0 Å². The summed E-state index contributed by atoms with van der Waals surface area (Å²) in [7, 11) is 0. The topological polar surface area (TPSA) is 61.5 Å². The van der Waals surface area contributed by atoms with Gasteiger partial charge in [0.2, 0.25) is 0 Å². The summed E-state index contributed by atoms with van der Waals surface area (Å²) in [6.45, 7) is 5.93. The van der Waals surface area contributed by atoms with Crippen molar-refractivity contribution in [1.29, 1.82) is 0 Å². The molecule has 7 heteroatoms. The number of aliphatic hydroxyl groups is 1. The first-order valence-corrected chi connectivity index (χ1v) is 11.1. The third kappa shape index (κ3) is 5.48. The van der Waals surface area contributed by atoms with E-state index in [1.165, 1.54) is 0 Å². The second-order valence-electron chi connectivity index (χ2n) is 7.58. The molecule has 1 fully saturated rings. The molecule has 3 atom stereocenters. The summed E-state index contributed by atoms with van der Waals surface area (Å²) >= 11 is 7.75. The number of aromatic nitrogens is 1. The lowest BCUT2D eigenvalue weighted by Crippen LogP contribution is -2.62. The highest BCUT2D eigenvalue weighted by atomic mass is 35.5. The van der Waals surface area contributed by atoms with Gasteiger partial charge in [-0.25, -0.2) is 0 Å². The minimum atomic E-state index is -0.527. The SMILES string of the molecule is CSC[C@H]1CN(Cc2cc(-c3ccc(Cl)cc3)on2)C(CC(C)C)C(O)N1. The first kappa shape index (κ1) is 20.7. The van der Waals surface area contributed by atoms with Gasteiger partial charge in [-0.2, -0.15) is 11.8 Å². The van der Waals surface area contributed by atoms with E-state index < -0.39 is 6.23 Å². The lowest BCUT2D eigenvalue weighted by atomic mass is 9.97. The second kappa shape index (κ2) is 9.43. The molecule has 0 saturated carbocycles. The second-order valence-corrected chi connectivity index (χ2v) is 8.93. The fraction of sp³-hybridized carbons (Fsp3) is 0.550. The fourth-order valence-corrected chi connectivity index (χ4v) is 4.34. The maximum absolute atomic E-state index is 10.7. The van der Waals surface area contributed by atoms with E-state index >= 15 is 0 Å². The van der Waals surface area contributed by atoms with Crippen molar-refractivity contribution >= 4 is 23.4 Å². The summed E-state index contributed by atoms with van der Waals surface area (Å²) in [6.07, 6.45) is 2.50. The summed E-state index contributed by atoms with van der Waals surface area (Å²) in [5, 5.41) is 19.0. The van der Waals surface area contributed by atoms with E-state index in [4.69, 9.17) is 16.1 Å². The van der Waals surface area contributed by atoms with Crippen LogP contribution in [0.3, 0.4) is 0 Å². The summed E-state index contributed by atoms with van der Waals surface area (Å²) in [5.74, 6) is 2.21. The van der Waals surface area contributed by atoms with Crippen molar-refractivity contribution < 1.29 is 9.63 Å². The molecule has 2 aromatic rings. The van der Waals surface area contributed by atoms with Crippen molar-refractivity contribution in [2.45, 2.75) is 45.1 Å². The molecule has 0 spiro atoms. The maximum atomic E-state index is 10.7. The number of nitrogens with zero attached hydrogens (tertiary/aromatic N) is 2. The van der Waals surface area contributed by atoms with Crippen LogP contribution in [0.1, 0.15) is 26.0 Å². The molecule has 0 aliphatic carbocycles. The van der Waals surface area contributed by atoms with Crippen molar-refractivity contribution in [2.75, 3.05) is 18.6 Å². The molecule has 0 radical (unpaired) electrons. The van der Waals surface area contributed by atoms with E-state index in [9.17, 15) is 5.11 Å². The first-order valence-electron chi connectivity index (χ1n) is 9.35. The largest absolute Gasteiger partial charge is 0.377 e. The number of aliphatic hydroxyl groups excluding tert-OH is 1. The van der Waals surface area contributed by atoms with Crippen LogP contribution in [0, 0.1) is 5.92 Å². The van der Waals surface area contributed by atoms with Gasteiger partial charge in [0.15, 0.2) is 5.76 Å². The number of halogens is 1. The van der Waals surface area contributed by atoms with Gasteiger partial charge in [0.25, 0.3) is 0 Å². The van der Waals surface area contributed by atoms with Crippen LogP contribution in [0.4, 0.5) is 0 Å². The molecule has 2 N–H and O–H groups in total. The quantitative estimate of drug-likeness (QED) is 0.723. The summed E-state index contributed by atoms with van der Waals surface area (Å²) < 4.78 is 5.55. The molecule has 148 valence electrons. The molecule has 0 amide bonds. The van der Waals surface area contributed by atoms with Gasteiger partial charge in [0, 0.05) is 47.6 Å². The van der Waals surface area contributed by atoms with Gasteiger partial charge in [-0.15, -0.1) is 0 Å². The standard InChI is InChI=1S/C20H28ClN3O2S/c1-13(2)8-18-20(25)22-17(12-27-3)11-24(18)10-16-9-19(26-23-16)14-4-6-15(21)7-5-14/h4-7,9,13,17-18,20,22,25H,8,10-12H2,1-3H3/t17-,18?,20?/m1/s1. The van der Waals surface area contributed by atoms with Crippen LogP contribution in [0.2, 0.25) is 5.02 Å². The summed E-state index contributed by atoms with van der Waals surface area (Å²) in [6, 6.07) is 9.86. The average molecular weight is 410 g/mol. The Bertz CT molecular complexity index is 722. The van der Waals surface area contributed by atoms with E-state index in [1.807, 2.05) is 30.3 Å². The Labute approximate surface area is 170 Å². The lowest BCUT2D eigenvalue weighted by molar-refractivity contribution is -0.0319. The van der Waals surface area contributed by atoms with E-state index in [-0.39, 0.29) is 12.1 Å². The number of nitrogens with one attached hydrogen (secondary N) is 1. The molecule has 1 aromatic carbocycles. The number of piperazine rings is 1. The Morgan fingerprint density at radius 2 is 2.11 bits per heavy atom. The zero-order valence-corrected chi connectivity index (χ0v) is 17.6. The number of benzene rings is 1. The monoisotopic (exact) mass is 409 g/mol. The fourth-order valence-electron chi connectivity index (χ4n) is 3.61. The lowest BCUT2D eigenvalue weighted by Gasteiger charge is -2.44. The molecule has 1 aliphatic heterocycles. The van der Waals surface area contributed by atoms with Gasteiger partial charge >= 0.3 is 0 Å². The zero-order chi connectivity index (χ0) is 19.4. The Morgan fingerprint density at radius 1 is 1.37 bits per heavy atom. The highest BCUT2D eigenvalue weighted by Crippen LogP contribution is 2.25. The van der Waals surface area contributed by atoms with Crippen LogP contribution in [0.5, 0.6) is 0 Å². The Morgan fingerprint density at radius 3 is 2.78 bits per heavy atom. The van der Waals surface area contributed by atoms with E-state index in [0.717, 1.165) is 35.7 Å². The highest BCUT2D eigenvalue weighted by molar-refractivity contribution is 7.98. The molecule has 27 heavy (non-hydrogen) atoms. The molecular formula is C20H28ClN3O2S. The number of thioether (sulfide) groups is 1. The van der Waals surface area contributed by atoms with Gasteiger partial charge < -0.3 is 9.63 Å². The number of hydrogen-bond acceptors (Lipinski definition) is 6. The third-order valence-electron chi connectivity index (χ3n) is 4.83. The minimum Gasteiger partial charge on any atom is -0.377 e. The molecule has 5 nitrogen and oxygen atoms in total. The first-order chi connectivity index (χ1) is 13.0. The van der Waals surface area contributed by atoms with E-state index in [2.05, 4.69) is 35.5 Å². The van der Waals surface area contributed by atoms with Crippen molar-refractivity contribution in [1.82, 2.24) is 15.4 Å². The highest BCUT2D eigenvalue weighted by Gasteiger charge is 2.35. The Hall–Kier alpha value is -1.05. The molecule has 3 rings (SSSR count). The van der Waals surface area contributed by atoms with Gasteiger partial charge in [0.05, 0.1) is 5.69 Å². The van der Waals surface area contributed by atoms with Crippen LogP contribution in [-0.2, 0) is 6.54 Å².